The van der Waals surface area contributed by atoms with Crippen LogP contribution in [0.2, 0.25) is 0 Å². The third kappa shape index (κ3) is 4.61. The van der Waals surface area contributed by atoms with E-state index in [-0.39, 0.29) is 24.2 Å². The molecule has 2 atom stereocenters. The summed E-state index contributed by atoms with van der Waals surface area (Å²) in [7, 11) is 1.43. The Balaban J connectivity index is 1.91. The highest BCUT2D eigenvalue weighted by Gasteiger charge is 2.22. The maximum absolute atomic E-state index is 12.0. The summed E-state index contributed by atoms with van der Waals surface area (Å²) in [4.78, 5) is 23.2. The van der Waals surface area contributed by atoms with Crippen molar-refractivity contribution < 1.29 is 19.4 Å². The van der Waals surface area contributed by atoms with Gasteiger partial charge in [0.25, 0.3) is 0 Å². The van der Waals surface area contributed by atoms with E-state index in [4.69, 9.17) is 9.84 Å². The number of amides is 2. The Kier molecular flexibility index (Phi) is 5.84. The van der Waals surface area contributed by atoms with E-state index in [1.54, 1.807) is 12.1 Å². The summed E-state index contributed by atoms with van der Waals surface area (Å²) in [6.07, 6.45) is 4.53. The van der Waals surface area contributed by atoms with E-state index in [9.17, 15) is 9.59 Å². The molecule has 0 aliphatic heterocycles. The molecule has 0 heterocycles. The lowest BCUT2D eigenvalue weighted by Gasteiger charge is -2.29. The van der Waals surface area contributed by atoms with Gasteiger partial charge in [-0.05, 0) is 36.5 Å². The summed E-state index contributed by atoms with van der Waals surface area (Å²) in [5, 5.41) is 15.0. The van der Waals surface area contributed by atoms with E-state index >= 15 is 0 Å². The maximum atomic E-state index is 12.0. The highest BCUT2D eigenvalue weighted by atomic mass is 16.5. The van der Waals surface area contributed by atoms with Crippen molar-refractivity contribution in [2.24, 2.45) is 5.92 Å². The fourth-order valence-corrected chi connectivity index (χ4v) is 2.96. The highest BCUT2D eigenvalue weighted by molar-refractivity contribution is 5.91. The second kappa shape index (κ2) is 7.85. The van der Waals surface area contributed by atoms with Crippen LogP contribution in [0.15, 0.2) is 18.2 Å². The molecule has 1 aliphatic carbocycles. The molecule has 1 fully saturated rings. The Morgan fingerprint density at radius 2 is 2.04 bits per heavy atom. The number of carbonyl (C=O) groups excluding carboxylic acids is 1. The molecule has 0 radical (unpaired) electrons. The molecule has 2 unspecified atom stereocenters. The van der Waals surface area contributed by atoms with Crippen LogP contribution in [0.1, 0.15) is 48.5 Å². The minimum Gasteiger partial charge on any atom is -0.496 e. The van der Waals surface area contributed by atoms with Crippen LogP contribution in [-0.2, 0) is 6.54 Å². The molecule has 3 N–H and O–H groups in total. The third-order valence-electron chi connectivity index (χ3n) is 4.38. The van der Waals surface area contributed by atoms with Crippen LogP contribution in [0.25, 0.3) is 0 Å². The standard InChI is InChI=1S/C17H24N2O4/c1-11-5-3-4-6-14(11)19-17(22)18-10-12-7-8-15(23-2)13(9-12)16(20)21/h7-9,11,14H,3-6,10H2,1-2H3,(H,20,21)(H2,18,19,22). The predicted molar refractivity (Wildman–Crippen MR) is 86.7 cm³/mol. The van der Waals surface area contributed by atoms with Crippen LogP contribution < -0.4 is 15.4 Å². The first-order valence-electron chi connectivity index (χ1n) is 7.96. The molecule has 6 heteroatoms. The molecule has 1 aromatic carbocycles. The van der Waals surface area contributed by atoms with Crippen molar-refractivity contribution in [2.45, 2.75) is 45.2 Å². The smallest absolute Gasteiger partial charge is 0.339 e. The molecule has 0 spiro atoms. The lowest BCUT2D eigenvalue weighted by molar-refractivity contribution is 0.0693. The predicted octanol–water partition coefficient (Wildman–Crippen LogP) is 2.77. The summed E-state index contributed by atoms with van der Waals surface area (Å²) in [6.45, 7) is 2.43. The number of hydrogen-bond donors (Lipinski definition) is 3. The van der Waals surface area contributed by atoms with Crippen molar-refractivity contribution in [1.29, 1.82) is 0 Å². The Bertz CT molecular complexity index is 574. The Morgan fingerprint density at radius 1 is 1.30 bits per heavy atom. The van der Waals surface area contributed by atoms with E-state index in [1.807, 2.05) is 0 Å². The van der Waals surface area contributed by atoms with Crippen molar-refractivity contribution >= 4 is 12.0 Å². The second-order valence-corrected chi connectivity index (χ2v) is 6.04. The fraction of sp³-hybridized carbons (Fsp3) is 0.529. The number of aromatic carboxylic acids is 1. The molecule has 0 saturated heterocycles. The molecular formula is C17H24N2O4. The summed E-state index contributed by atoms with van der Waals surface area (Å²) >= 11 is 0. The number of hydrogen-bond acceptors (Lipinski definition) is 3. The van der Waals surface area contributed by atoms with Gasteiger partial charge in [0.05, 0.1) is 7.11 Å². The number of carboxylic acids is 1. The van der Waals surface area contributed by atoms with Crippen LogP contribution in [0.4, 0.5) is 4.79 Å². The van der Waals surface area contributed by atoms with Crippen LogP contribution >= 0.6 is 0 Å². The van der Waals surface area contributed by atoms with Crippen molar-refractivity contribution in [2.75, 3.05) is 7.11 Å². The second-order valence-electron chi connectivity index (χ2n) is 6.04. The van der Waals surface area contributed by atoms with E-state index in [0.29, 0.717) is 11.7 Å². The lowest BCUT2D eigenvalue weighted by atomic mass is 9.86. The minimum absolute atomic E-state index is 0.0908. The molecular weight excluding hydrogens is 296 g/mol. The number of ether oxygens (including phenoxy) is 1. The quantitative estimate of drug-likeness (QED) is 0.778. The van der Waals surface area contributed by atoms with Crippen molar-refractivity contribution in [3.05, 3.63) is 29.3 Å². The zero-order valence-electron chi connectivity index (χ0n) is 13.6. The molecule has 126 valence electrons. The lowest BCUT2D eigenvalue weighted by Crippen LogP contribution is -2.45. The van der Waals surface area contributed by atoms with Crippen LogP contribution in [0.5, 0.6) is 5.75 Å². The van der Waals surface area contributed by atoms with E-state index in [1.165, 1.54) is 19.6 Å². The van der Waals surface area contributed by atoms with Gasteiger partial charge in [-0.3, -0.25) is 0 Å². The molecule has 1 aliphatic rings. The highest BCUT2D eigenvalue weighted by Crippen LogP contribution is 2.23. The van der Waals surface area contributed by atoms with Gasteiger partial charge in [-0.1, -0.05) is 25.8 Å². The largest absolute Gasteiger partial charge is 0.496 e. The molecule has 2 amide bonds. The number of nitrogens with one attached hydrogen (secondary N) is 2. The zero-order valence-corrected chi connectivity index (χ0v) is 13.6. The molecule has 1 aromatic rings. The Morgan fingerprint density at radius 3 is 2.70 bits per heavy atom. The van der Waals surface area contributed by atoms with Gasteiger partial charge in [0, 0.05) is 12.6 Å². The van der Waals surface area contributed by atoms with Crippen LogP contribution in [0, 0.1) is 5.92 Å². The summed E-state index contributed by atoms with van der Waals surface area (Å²) in [6, 6.07) is 4.87. The number of rotatable bonds is 5. The van der Waals surface area contributed by atoms with E-state index in [0.717, 1.165) is 24.8 Å². The number of carboxylic acid groups (broad SMARTS) is 1. The van der Waals surface area contributed by atoms with Gasteiger partial charge in [-0.25, -0.2) is 9.59 Å². The first-order valence-corrected chi connectivity index (χ1v) is 7.96. The number of carbonyl (C=O) groups is 2. The maximum Gasteiger partial charge on any atom is 0.339 e. The van der Waals surface area contributed by atoms with Gasteiger partial charge >= 0.3 is 12.0 Å². The molecule has 1 saturated carbocycles. The van der Waals surface area contributed by atoms with Crippen molar-refractivity contribution in [3.8, 4) is 5.75 Å². The molecule has 6 nitrogen and oxygen atoms in total. The van der Waals surface area contributed by atoms with Gasteiger partial charge < -0.3 is 20.5 Å². The Hall–Kier alpha value is -2.24. The monoisotopic (exact) mass is 320 g/mol. The Labute approximate surface area is 136 Å². The van der Waals surface area contributed by atoms with Gasteiger partial charge in [0.1, 0.15) is 11.3 Å². The third-order valence-corrected chi connectivity index (χ3v) is 4.38. The average molecular weight is 320 g/mol. The summed E-state index contributed by atoms with van der Waals surface area (Å²) < 4.78 is 5.02. The van der Waals surface area contributed by atoms with Crippen molar-refractivity contribution in [1.82, 2.24) is 10.6 Å². The van der Waals surface area contributed by atoms with E-state index < -0.39 is 5.97 Å². The van der Waals surface area contributed by atoms with Gasteiger partial charge in [-0.2, -0.15) is 0 Å². The van der Waals surface area contributed by atoms with E-state index in [2.05, 4.69) is 17.6 Å². The first-order chi connectivity index (χ1) is 11.0. The van der Waals surface area contributed by atoms with Crippen LogP contribution in [0.3, 0.4) is 0 Å². The minimum atomic E-state index is -1.05. The normalized spacial score (nSPS) is 20.6. The number of benzene rings is 1. The summed E-state index contributed by atoms with van der Waals surface area (Å²) in [5.41, 5.74) is 0.808. The van der Waals surface area contributed by atoms with Crippen molar-refractivity contribution in [3.63, 3.8) is 0 Å². The molecule has 2 rings (SSSR count). The van der Waals surface area contributed by atoms with Gasteiger partial charge in [0.15, 0.2) is 0 Å². The number of methoxy groups -OCH3 is 1. The van der Waals surface area contributed by atoms with Crippen LogP contribution in [-0.4, -0.2) is 30.3 Å². The number of urea groups is 1. The molecule has 0 aromatic heterocycles. The topological polar surface area (TPSA) is 87.7 Å². The molecule has 23 heavy (non-hydrogen) atoms. The van der Waals surface area contributed by atoms with Gasteiger partial charge in [-0.15, -0.1) is 0 Å². The average Bonchev–Trinajstić information content (AvgIpc) is 2.54. The fourth-order valence-electron chi connectivity index (χ4n) is 2.96. The van der Waals surface area contributed by atoms with Gasteiger partial charge in [0.2, 0.25) is 0 Å². The first kappa shape index (κ1) is 17.1. The molecule has 0 bridgehead atoms. The zero-order chi connectivity index (χ0) is 16.8. The summed E-state index contributed by atoms with van der Waals surface area (Å²) in [5.74, 6) is -0.250. The SMILES string of the molecule is COc1ccc(CNC(=O)NC2CCCCC2C)cc1C(=O)O.